The Hall–Kier alpha value is -1.75. The number of likely N-dealkylation sites (N-methyl/N-ethyl adjacent to an activating group) is 1. The summed E-state index contributed by atoms with van der Waals surface area (Å²) in [5.41, 5.74) is 13.5. The SMILES string of the molecule is CCN1CCN(c2cc(C(N)=O)ccc2N)CC1C. The zero-order chi connectivity index (χ0) is 14.0. The summed E-state index contributed by atoms with van der Waals surface area (Å²) >= 11 is 0. The fraction of sp³-hybridized carbons (Fsp3) is 0.500. The molecule has 0 aliphatic carbocycles. The maximum absolute atomic E-state index is 11.3. The fourth-order valence-electron chi connectivity index (χ4n) is 2.65. The number of carbonyl (C=O) groups is 1. The molecule has 0 saturated carbocycles. The van der Waals surface area contributed by atoms with Crippen LogP contribution in [0.5, 0.6) is 0 Å². The van der Waals surface area contributed by atoms with Gasteiger partial charge in [-0.15, -0.1) is 0 Å². The van der Waals surface area contributed by atoms with Gasteiger partial charge in [-0.05, 0) is 31.7 Å². The molecule has 5 nitrogen and oxygen atoms in total. The number of anilines is 2. The number of hydrogen-bond acceptors (Lipinski definition) is 4. The van der Waals surface area contributed by atoms with E-state index in [0.29, 0.717) is 17.3 Å². The van der Waals surface area contributed by atoms with E-state index in [-0.39, 0.29) is 0 Å². The van der Waals surface area contributed by atoms with E-state index in [4.69, 9.17) is 11.5 Å². The lowest BCUT2D eigenvalue weighted by Gasteiger charge is -2.41. The molecule has 1 aromatic carbocycles. The van der Waals surface area contributed by atoms with Crippen LogP contribution in [0, 0.1) is 0 Å². The third-order valence-corrected chi connectivity index (χ3v) is 3.83. The van der Waals surface area contributed by atoms with Crippen molar-refractivity contribution in [1.29, 1.82) is 0 Å². The first kappa shape index (κ1) is 13.7. The van der Waals surface area contributed by atoms with Gasteiger partial charge in [0.2, 0.25) is 5.91 Å². The van der Waals surface area contributed by atoms with Gasteiger partial charge in [-0.1, -0.05) is 6.92 Å². The number of benzene rings is 1. The van der Waals surface area contributed by atoms with Crippen molar-refractivity contribution in [2.24, 2.45) is 5.73 Å². The largest absolute Gasteiger partial charge is 0.397 e. The van der Waals surface area contributed by atoms with E-state index >= 15 is 0 Å². The number of nitrogens with zero attached hydrogens (tertiary/aromatic N) is 2. The third kappa shape index (κ3) is 2.81. The van der Waals surface area contributed by atoms with E-state index in [1.165, 1.54) is 0 Å². The Morgan fingerprint density at radius 1 is 1.42 bits per heavy atom. The average Bonchev–Trinajstić information content (AvgIpc) is 2.38. The first-order chi connectivity index (χ1) is 9.02. The summed E-state index contributed by atoms with van der Waals surface area (Å²) in [6, 6.07) is 5.71. The molecular formula is C14H22N4O. The highest BCUT2D eigenvalue weighted by molar-refractivity contribution is 5.95. The highest BCUT2D eigenvalue weighted by Crippen LogP contribution is 2.26. The molecule has 1 aliphatic heterocycles. The number of amides is 1. The van der Waals surface area contributed by atoms with E-state index < -0.39 is 5.91 Å². The smallest absolute Gasteiger partial charge is 0.248 e. The summed E-state index contributed by atoms with van der Waals surface area (Å²) in [6.07, 6.45) is 0. The second-order valence-corrected chi connectivity index (χ2v) is 5.06. The number of piperazine rings is 1. The van der Waals surface area contributed by atoms with Crippen molar-refractivity contribution in [3.8, 4) is 0 Å². The summed E-state index contributed by atoms with van der Waals surface area (Å²) in [5, 5.41) is 0. The molecule has 1 unspecified atom stereocenters. The minimum absolute atomic E-state index is 0.415. The van der Waals surface area contributed by atoms with Crippen LogP contribution in [0.15, 0.2) is 18.2 Å². The fourth-order valence-corrected chi connectivity index (χ4v) is 2.65. The highest BCUT2D eigenvalue weighted by atomic mass is 16.1. The van der Waals surface area contributed by atoms with Crippen LogP contribution in [0.4, 0.5) is 11.4 Å². The maximum atomic E-state index is 11.3. The van der Waals surface area contributed by atoms with Crippen LogP contribution in [0.2, 0.25) is 0 Å². The molecule has 1 heterocycles. The Labute approximate surface area is 114 Å². The maximum Gasteiger partial charge on any atom is 0.248 e. The molecule has 19 heavy (non-hydrogen) atoms. The van der Waals surface area contributed by atoms with Crippen molar-refractivity contribution in [2.75, 3.05) is 36.8 Å². The van der Waals surface area contributed by atoms with Crippen LogP contribution in [-0.2, 0) is 0 Å². The van der Waals surface area contributed by atoms with Crippen LogP contribution in [0.1, 0.15) is 24.2 Å². The van der Waals surface area contributed by atoms with E-state index in [0.717, 1.165) is 31.9 Å². The molecule has 0 bridgehead atoms. The molecule has 0 spiro atoms. The van der Waals surface area contributed by atoms with Gasteiger partial charge in [-0.3, -0.25) is 9.69 Å². The third-order valence-electron chi connectivity index (χ3n) is 3.83. The van der Waals surface area contributed by atoms with Gasteiger partial charge < -0.3 is 16.4 Å². The monoisotopic (exact) mass is 262 g/mol. The molecule has 2 rings (SSSR count). The summed E-state index contributed by atoms with van der Waals surface area (Å²) in [6.45, 7) is 8.30. The second-order valence-electron chi connectivity index (χ2n) is 5.06. The molecular weight excluding hydrogens is 240 g/mol. The Bertz CT molecular complexity index is 475. The summed E-state index contributed by atoms with van der Waals surface area (Å²) in [5.74, 6) is -0.415. The molecule has 104 valence electrons. The molecule has 5 heteroatoms. The lowest BCUT2D eigenvalue weighted by molar-refractivity contribution is 0.100. The van der Waals surface area contributed by atoms with Crippen molar-refractivity contribution >= 4 is 17.3 Å². The van der Waals surface area contributed by atoms with Crippen molar-refractivity contribution < 1.29 is 4.79 Å². The topological polar surface area (TPSA) is 75.6 Å². The van der Waals surface area contributed by atoms with E-state index in [1.54, 1.807) is 18.2 Å². The average molecular weight is 262 g/mol. The van der Waals surface area contributed by atoms with Gasteiger partial charge in [0.15, 0.2) is 0 Å². The lowest BCUT2D eigenvalue weighted by atomic mass is 10.1. The molecule has 0 radical (unpaired) electrons. The first-order valence-electron chi connectivity index (χ1n) is 6.71. The van der Waals surface area contributed by atoms with E-state index in [1.807, 2.05) is 0 Å². The van der Waals surface area contributed by atoms with Gasteiger partial charge in [0, 0.05) is 31.2 Å². The molecule has 1 saturated heterocycles. The van der Waals surface area contributed by atoms with Crippen LogP contribution >= 0.6 is 0 Å². The minimum Gasteiger partial charge on any atom is -0.397 e. The van der Waals surface area contributed by atoms with Gasteiger partial charge in [-0.2, -0.15) is 0 Å². The predicted molar refractivity (Wildman–Crippen MR) is 78.3 cm³/mol. The zero-order valence-corrected chi connectivity index (χ0v) is 11.6. The van der Waals surface area contributed by atoms with Crippen LogP contribution < -0.4 is 16.4 Å². The van der Waals surface area contributed by atoms with Crippen molar-refractivity contribution in [1.82, 2.24) is 4.90 Å². The Kier molecular flexibility index (Phi) is 3.95. The molecule has 1 amide bonds. The molecule has 4 N–H and O–H groups in total. The highest BCUT2D eigenvalue weighted by Gasteiger charge is 2.23. The summed E-state index contributed by atoms with van der Waals surface area (Å²) in [7, 11) is 0. The quantitative estimate of drug-likeness (QED) is 0.794. The van der Waals surface area contributed by atoms with Gasteiger partial charge in [0.1, 0.15) is 0 Å². The standard InChI is InChI=1S/C14H22N4O/c1-3-17-6-7-18(9-10(17)2)13-8-11(14(16)19)4-5-12(13)15/h4-5,8,10H,3,6-7,9,15H2,1-2H3,(H2,16,19). The number of nitrogens with two attached hydrogens (primary N) is 2. The normalized spacial score (nSPS) is 20.5. The van der Waals surface area contributed by atoms with Crippen molar-refractivity contribution in [3.05, 3.63) is 23.8 Å². The molecule has 1 aromatic rings. The number of rotatable bonds is 3. The number of primary amides is 1. The number of nitrogen functional groups attached to an aromatic ring is 1. The van der Waals surface area contributed by atoms with Gasteiger partial charge in [-0.25, -0.2) is 0 Å². The zero-order valence-electron chi connectivity index (χ0n) is 11.6. The number of carbonyl (C=O) groups excluding carboxylic acids is 1. The number of hydrogen-bond donors (Lipinski definition) is 2. The molecule has 1 atom stereocenters. The summed E-state index contributed by atoms with van der Waals surface area (Å²) in [4.78, 5) is 15.9. The van der Waals surface area contributed by atoms with Crippen LogP contribution in [0.25, 0.3) is 0 Å². The Morgan fingerprint density at radius 2 is 2.16 bits per heavy atom. The second kappa shape index (κ2) is 5.48. The van der Waals surface area contributed by atoms with Crippen molar-refractivity contribution in [3.63, 3.8) is 0 Å². The molecule has 1 aliphatic rings. The first-order valence-corrected chi connectivity index (χ1v) is 6.71. The van der Waals surface area contributed by atoms with Crippen LogP contribution in [-0.4, -0.2) is 43.0 Å². The summed E-state index contributed by atoms with van der Waals surface area (Å²) < 4.78 is 0. The van der Waals surface area contributed by atoms with Crippen LogP contribution in [0.3, 0.4) is 0 Å². The van der Waals surface area contributed by atoms with E-state index in [9.17, 15) is 4.79 Å². The minimum atomic E-state index is -0.415. The molecule has 0 aromatic heterocycles. The molecule has 1 fully saturated rings. The predicted octanol–water partition coefficient (Wildman–Crippen LogP) is 0.898. The van der Waals surface area contributed by atoms with Gasteiger partial charge in [0.05, 0.1) is 11.4 Å². The lowest BCUT2D eigenvalue weighted by Crippen LogP contribution is -2.51. The van der Waals surface area contributed by atoms with Crippen molar-refractivity contribution in [2.45, 2.75) is 19.9 Å². The van der Waals surface area contributed by atoms with E-state index in [2.05, 4.69) is 23.6 Å². The van der Waals surface area contributed by atoms with Gasteiger partial charge in [0.25, 0.3) is 0 Å². The van der Waals surface area contributed by atoms with Gasteiger partial charge >= 0.3 is 0 Å². The Balaban J connectivity index is 2.22. The Morgan fingerprint density at radius 3 is 2.74 bits per heavy atom.